The molecule has 1 aliphatic carbocycles. The monoisotopic (exact) mass is 1040 g/mol. The summed E-state index contributed by atoms with van der Waals surface area (Å²) >= 11 is 0. The number of rotatable bonds is 4. The first kappa shape index (κ1) is 61.0. The Morgan fingerprint density at radius 2 is 1.64 bits per heavy atom. The minimum atomic E-state index is -0.940. The molecule has 9 rings (SSSR count). The van der Waals surface area contributed by atoms with Crippen molar-refractivity contribution in [1.82, 2.24) is 39.7 Å². The summed E-state index contributed by atoms with van der Waals surface area (Å²) < 4.78 is 16.0. The van der Waals surface area contributed by atoms with E-state index in [9.17, 15) is 14.4 Å². The molecule has 75 heavy (non-hydrogen) atoms. The van der Waals surface area contributed by atoms with Crippen molar-refractivity contribution in [1.29, 1.82) is 0 Å². The molecule has 17 heteroatoms. The van der Waals surface area contributed by atoms with Crippen molar-refractivity contribution in [3.8, 4) is 16.9 Å². The molecule has 7 atom stereocenters. The number of nitrogens with one attached hydrogen (secondary N) is 2. The van der Waals surface area contributed by atoms with E-state index in [0.29, 0.717) is 38.2 Å². The third-order valence-corrected chi connectivity index (χ3v) is 16.4. The molecule has 4 N–H and O–H groups in total. The number of amides is 3. The van der Waals surface area contributed by atoms with Crippen LogP contribution in [0.2, 0.25) is 0 Å². The molecular weight excluding hydrogens is 946 g/mol. The Kier molecular flexibility index (Phi) is 20.4. The fourth-order valence-electron chi connectivity index (χ4n) is 12.5. The maximum Gasteiger partial charge on any atom is 0.243 e. The second-order valence-electron chi connectivity index (χ2n) is 22.2. The number of nitrogens with two attached hydrogens (primary N) is 1. The number of carbonyl (C=O) groups excluding carboxylic acids is 3. The van der Waals surface area contributed by atoms with Crippen LogP contribution in [-0.2, 0) is 41.9 Å². The number of methoxy groups -OCH3 is 1. The highest BCUT2D eigenvalue weighted by atomic mass is 17.2. The van der Waals surface area contributed by atoms with Crippen LogP contribution in [0.25, 0.3) is 27.6 Å². The maximum atomic E-state index is 14.5. The maximum absolute atomic E-state index is 14.5. The van der Waals surface area contributed by atoms with Gasteiger partial charge in [-0.1, -0.05) is 62.1 Å². The Morgan fingerprint density at radius 1 is 0.907 bits per heavy atom. The van der Waals surface area contributed by atoms with Crippen molar-refractivity contribution < 1.29 is 36.5 Å². The largest absolute Gasteiger partial charge is 0.492 e. The van der Waals surface area contributed by atoms with Gasteiger partial charge in [0.05, 0.1) is 43.1 Å². The molecule has 6 bridgehead atoms. The van der Waals surface area contributed by atoms with E-state index in [1.54, 1.807) is 11.9 Å². The first-order valence-electron chi connectivity index (χ1n) is 26.1. The number of likely N-dealkylation sites (tertiary alicyclic amines) is 1. The van der Waals surface area contributed by atoms with Gasteiger partial charge in [-0.25, -0.2) is 9.78 Å². The Hall–Kier alpha value is -4.91. The minimum Gasteiger partial charge on any atom is -0.492 e. The first-order chi connectivity index (χ1) is 34.0. The van der Waals surface area contributed by atoms with Crippen LogP contribution in [0, 0.1) is 17.3 Å². The Morgan fingerprint density at radius 3 is 2.33 bits per heavy atom. The lowest BCUT2D eigenvalue weighted by molar-refractivity contribution is -0.312. The van der Waals surface area contributed by atoms with E-state index < -0.39 is 17.5 Å². The minimum absolute atomic E-state index is 0. The summed E-state index contributed by atoms with van der Waals surface area (Å²) in [5, 5.41) is 7.34. The SMILES string of the molecule is C.C.C.CCn1c2c3c4cc(ccc41)-c1cc4cc(c1)OC[C@@H]1[C@H](CCN1C)C(=O)N(C)[C@@H](C(C)C)C(=O)N[C@@H](C4)C(=O)NCCC[C@H](N)COOCC(C)(C)C3[C@H](OC)C1=C2C=C(N2CCN(C)CC2)CN1C.[B].[HH].[HH]. The van der Waals surface area contributed by atoms with Crippen LogP contribution < -0.4 is 21.1 Å². The van der Waals surface area contributed by atoms with E-state index in [-0.39, 0.29) is 107 Å². The Bertz CT molecular complexity index is 2570. The van der Waals surface area contributed by atoms with Crippen LogP contribution in [0.4, 0.5) is 0 Å². The van der Waals surface area contributed by atoms with Gasteiger partial charge in [0.15, 0.2) is 0 Å². The predicted octanol–water partition coefficient (Wildman–Crippen LogP) is 6.68. The van der Waals surface area contributed by atoms with Gasteiger partial charge in [-0.15, -0.1) is 0 Å². The third-order valence-electron chi connectivity index (χ3n) is 16.4. The van der Waals surface area contributed by atoms with Gasteiger partial charge in [0.2, 0.25) is 17.7 Å². The zero-order valence-corrected chi connectivity index (χ0v) is 44.5. The summed E-state index contributed by atoms with van der Waals surface area (Å²) in [7, 11) is 9.98. The summed E-state index contributed by atoms with van der Waals surface area (Å²) in [5.41, 5.74) is 16.0. The molecule has 417 valence electrons. The van der Waals surface area contributed by atoms with Gasteiger partial charge in [0.1, 0.15) is 30.5 Å². The van der Waals surface area contributed by atoms with Crippen LogP contribution in [0.5, 0.6) is 5.75 Å². The molecule has 0 saturated carbocycles. The molecule has 5 aliphatic heterocycles. The van der Waals surface area contributed by atoms with E-state index in [2.05, 4.69) is 106 Å². The number of carbonyl (C=O) groups is 3. The van der Waals surface area contributed by atoms with Crippen molar-refractivity contribution in [2.75, 3.05) is 101 Å². The molecule has 3 amide bonds. The van der Waals surface area contributed by atoms with Gasteiger partial charge >= 0.3 is 0 Å². The van der Waals surface area contributed by atoms with Crippen LogP contribution >= 0.6 is 0 Å². The van der Waals surface area contributed by atoms with Crippen molar-refractivity contribution in [2.24, 2.45) is 23.0 Å². The first-order valence-corrected chi connectivity index (χ1v) is 26.1. The molecule has 1 unspecified atom stereocenters. The molecule has 0 spiro atoms. The number of benzene rings is 2. The van der Waals surface area contributed by atoms with Crippen molar-refractivity contribution >= 4 is 42.6 Å². The predicted molar refractivity (Wildman–Crippen MR) is 306 cm³/mol. The second kappa shape index (κ2) is 25.0. The molecule has 1 aromatic heterocycles. The van der Waals surface area contributed by atoms with Crippen molar-refractivity contribution in [3.05, 3.63) is 70.7 Å². The molecule has 3 radical (unpaired) electrons. The molecule has 6 aliphatic rings. The fraction of sp³-hybridized carbons (Fsp3) is 0.638. The van der Waals surface area contributed by atoms with Crippen LogP contribution in [-0.4, -0.2) is 186 Å². The number of piperazine rings is 1. The molecular formula is C58H95BN9O7. The van der Waals surface area contributed by atoms with Gasteiger partial charge in [-0.3, -0.25) is 19.3 Å². The lowest BCUT2D eigenvalue weighted by atomic mass is 9.66. The zero-order valence-electron chi connectivity index (χ0n) is 44.5. The number of nitrogens with zero attached hydrogens (tertiary/aromatic N) is 6. The molecule has 3 aromatic rings. The molecule has 2 fully saturated rings. The quantitative estimate of drug-likeness (QED) is 0.188. The lowest BCUT2D eigenvalue weighted by Gasteiger charge is -2.48. The van der Waals surface area contributed by atoms with E-state index in [0.717, 1.165) is 73.4 Å². The highest BCUT2D eigenvalue weighted by Crippen LogP contribution is 2.54. The van der Waals surface area contributed by atoms with Crippen molar-refractivity contribution in [2.45, 2.75) is 125 Å². The smallest absolute Gasteiger partial charge is 0.243 e. The number of allylic oxidation sites excluding steroid dienone is 2. The molecule has 16 nitrogen and oxygen atoms in total. The number of aromatic nitrogens is 1. The number of likely N-dealkylation sites (N-methyl/N-ethyl adjacent to an activating group) is 4. The Balaban J connectivity index is 0.00000260. The van der Waals surface area contributed by atoms with Gasteiger partial charge < -0.3 is 50.0 Å². The topological polar surface area (TPSA) is 159 Å². The number of hydrogen-bond acceptors (Lipinski definition) is 12. The number of fused-ring (bicyclic) bond motifs is 7. The summed E-state index contributed by atoms with van der Waals surface area (Å²) in [6, 6.07) is 10.7. The highest BCUT2D eigenvalue weighted by molar-refractivity contribution is 5.98. The van der Waals surface area contributed by atoms with Gasteiger partial charge in [0, 0.05) is 118 Å². The van der Waals surface area contributed by atoms with E-state index in [1.165, 1.54) is 28.2 Å². The third kappa shape index (κ3) is 12.0. The number of hydrogen-bond donors (Lipinski definition) is 3. The molecule has 2 aromatic carbocycles. The summed E-state index contributed by atoms with van der Waals surface area (Å²) in [5.74, 6) is -0.858. The number of ether oxygens (including phenoxy) is 2. The molecule has 2 saturated heterocycles. The summed E-state index contributed by atoms with van der Waals surface area (Å²) in [6.07, 6.45) is 4.16. The van der Waals surface area contributed by atoms with Crippen LogP contribution in [0.1, 0.15) is 102 Å². The van der Waals surface area contributed by atoms with Gasteiger partial charge in [0.25, 0.3) is 0 Å². The standard InChI is InChI=1S/C55H79N9O7.3CH4.B.2H2/c1-11-64-44-15-14-35-27-41(44)46-47(51(68-10)50-42(49(46)64)28-38(29-61(50)8)63-21-19-59(6)20-22-63)55(4,5)32-71-70-30-37(56)13-12-17-57-52(65)43-25-34-23-36(35)26-39(24-34)69-31-45-40(16-18-60(45)7)54(67)62(9)48(33(2)3)53(66)58-43;;;;;;/h14-15,23-24,26-28,33,37,40,43,45,47-48,51H,11-13,16-22,25,29-32,56H2,1-10H3,(H,57,65)(H,58,66);3*1H4;;2*1H/t37-,40-,43-,45+,47?,48-,51-;;;;;;/m0....../s1. The van der Waals surface area contributed by atoms with E-state index in [1.807, 2.05) is 34.1 Å². The van der Waals surface area contributed by atoms with Gasteiger partial charge in [-0.2, -0.15) is 0 Å². The summed E-state index contributed by atoms with van der Waals surface area (Å²) in [6.45, 7) is 18.0. The second-order valence-corrected chi connectivity index (χ2v) is 22.2. The van der Waals surface area contributed by atoms with Crippen molar-refractivity contribution in [3.63, 3.8) is 0 Å². The lowest BCUT2D eigenvalue weighted by Crippen LogP contribution is -2.57. The highest BCUT2D eigenvalue weighted by Gasteiger charge is 2.49. The molecule has 6 heterocycles. The summed E-state index contributed by atoms with van der Waals surface area (Å²) in [4.78, 5) is 66.4. The number of aryl methyl sites for hydroxylation is 1. The van der Waals surface area contributed by atoms with E-state index in [4.69, 9.17) is 25.0 Å². The average molecular weight is 1040 g/mol. The van der Waals surface area contributed by atoms with Crippen LogP contribution in [0.3, 0.4) is 0 Å². The average Bonchev–Trinajstić information content (AvgIpc) is 3.88. The van der Waals surface area contributed by atoms with E-state index >= 15 is 0 Å². The normalized spacial score (nSPS) is 27.1. The van der Waals surface area contributed by atoms with Gasteiger partial charge in [-0.05, 0) is 105 Å². The zero-order chi connectivity index (χ0) is 50.5. The fourth-order valence-corrected chi connectivity index (χ4v) is 12.5. The Labute approximate surface area is 454 Å². The van der Waals surface area contributed by atoms with Crippen LogP contribution in [0.15, 0.2) is 53.9 Å².